The first kappa shape index (κ1) is 22.2. The molecule has 1 aromatic heterocycles. The molecule has 2 atom stereocenters. The average Bonchev–Trinajstić information content (AvgIpc) is 3.10. The summed E-state index contributed by atoms with van der Waals surface area (Å²) in [4.78, 5) is 27.0. The number of nitrogens with zero attached hydrogens (tertiary/aromatic N) is 1. The molecule has 1 saturated heterocycles. The van der Waals surface area contributed by atoms with Crippen LogP contribution in [-0.2, 0) is 20.7 Å². The average molecular weight is 460 g/mol. The van der Waals surface area contributed by atoms with Gasteiger partial charge in [-0.05, 0) is 93.2 Å². The van der Waals surface area contributed by atoms with Crippen LogP contribution in [0.1, 0.15) is 53.5 Å². The van der Waals surface area contributed by atoms with Gasteiger partial charge in [-0.25, -0.2) is 4.79 Å². The Bertz CT molecular complexity index is 674. The minimum Gasteiger partial charge on any atom is -0.460 e. The van der Waals surface area contributed by atoms with Gasteiger partial charge in [0, 0.05) is 13.1 Å². The van der Waals surface area contributed by atoms with Crippen molar-refractivity contribution in [3.05, 3.63) is 20.8 Å². The second-order valence-electron chi connectivity index (χ2n) is 9.08. The van der Waals surface area contributed by atoms with Crippen LogP contribution >= 0.6 is 27.3 Å². The molecule has 0 unspecified atom stereocenters. The fourth-order valence-electron chi connectivity index (χ4n) is 3.13. The second kappa shape index (κ2) is 8.52. The Morgan fingerprint density at radius 3 is 2.37 bits per heavy atom. The summed E-state index contributed by atoms with van der Waals surface area (Å²) in [6, 6.07) is 2.04. The fraction of sp³-hybridized carbons (Fsp3) is 0.700. The molecule has 27 heavy (non-hydrogen) atoms. The van der Waals surface area contributed by atoms with Gasteiger partial charge in [0.15, 0.2) is 0 Å². The Morgan fingerprint density at radius 1 is 1.22 bits per heavy atom. The number of thiophene rings is 1. The van der Waals surface area contributed by atoms with Crippen LogP contribution in [0.5, 0.6) is 0 Å². The molecule has 1 aliphatic rings. The van der Waals surface area contributed by atoms with Gasteiger partial charge in [0.25, 0.3) is 0 Å². The first-order valence-corrected chi connectivity index (χ1v) is 10.9. The van der Waals surface area contributed by atoms with E-state index in [2.05, 4.69) is 21.3 Å². The van der Waals surface area contributed by atoms with E-state index in [9.17, 15) is 9.59 Å². The summed E-state index contributed by atoms with van der Waals surface area (Å²) in [6.07, 6.45) is 1.07. The van der Waals surface area contributed by atoms with Crippen molar-refractivity contribution < 1.29 is 19.1 Å². The van der Waals surface area contributed by atoms with E-state index >= 15 is 0 Å². The highest BCUT2D eigenvalue weighted by Crippen LogP contribution is 2.32. The van der Waals surface area contributed by atoms with Crippen molar-refractivity contribution in [2.24, 2.45) is 11.8 Å². The molecule has 152 valence electrons. The topological polar surface area (TPSA) is 55.8 Å². The van der Waals surface area contributed by atoms with Crippen LogP contribution < -0.4 is 0 Å². The predicted octanol–water partition coefficient (Wildman–Crippen LogP) is 5.27. The highest BCUT2D eigenvalue weighted by molar-refractivity contribution is 9.11. The third-order valence-corrected chi connectivity index (χ3v) is 5.79. The lowest BCUT2D eigenvalue weighted by molar-refractivity contribution is -0.161. The van der Waals surface area contributed by atoms with E-state index in [1.54, 1.807) is 16.2 Å². The molecule has 0 spiro atoms. The zero-order valence-electron chi connectivity index (χ0n) is 17.0. The van der Waals surface area contributed by atoms with Crippen molar-refractivity contribution >= 4 is 39.3 Å². The van der Waals surface area contributed by atoms with Crippen molar-refractivity contribution in [2.45, 2.75) is 65.6 Å². The molecule has 1 aromatic rings. The summed E-state index contributed by atoms with van der Waals surface area (Å²) in [6.45, 7) is 12.3. The maximum atomic E-state index is 12.9. The molecule has 5 nitrogen and oxygen atoms in total. The number of halogens is 1. The fourth-order valence-corrected chi connectivity index (χ4v) is 4.36. The molecule has 0 radical (unpaired) electrons. The van der Waals surface area contributed by atoms with Crippen LogP contribution in [0.25, 0.3) is 0 Å². The van der Waals surface area contributed by atoms with Crippen molar-refractivity contribution in [3.8, 4) is 0 Å². The summed E-state index contributed by atoms with van der Waals surface area (Å²) in [7, 11) is 0. The largest absolute Gasteiger partial charge is 0.460 e. The van der Waals surface area contributed by atoms with E-state index in [1.165, 1.54) is 0 Å². The maximum absolute atomic E-state index is 12.9. The number of likely N-dealkylation sites (tertiary alicyclic amines) is 1. The first-order valence-electron chi connectivity index (χ1n) is 9.28. The SMILES string of the molecule is CC(C)(C)OC(=O)[C@@H](Cc1csc(Br)c1)[C@H]1CCN(C(=O)OC(C)(C)C)C1. The zero-order valence-corrected chi connectivity index (χ0v) is 19.4. The highest BCUT2D eigenvalue weighted by atomic mass is 79.9. The van der Waals surface area contributed by atoms with Crippen LogP contribution in [0, 0.1) is 11.8 Å². The second-order valence-corrected chi connectivity index (χ2v) is 11.4. The van der Waals surface area contributed by atoms with Crippen molar-refractivity contribution in [1.29, 1.82) is 0 Å². The van der Waals surface area contributed by atoms with E-state index in [0.29, 0.717) is 19.5 Å². The van der Waals surface area contributed by atoms with Crippen LogP contribution in [0.15, 0.2) is 15.2 Å². The molecule has 0 aliphatic carbocycles. The smallest absolute Gasteiger partial charge is 0.410 e. The summed E-state index contributed by atoms with van der Waals surface area (Å²) in [5.74, 6) is -0.412. The first-order chi connectivity index (χ1) is 12.3. The van der Waals surface area contributed by atoms with Crippen LogP contribution in [0.3, 0.4) is 0 Å². The normalized spacial score (nSPS) is 19.1. The van der Waals surface area contributed by atoms with Crippen molar-refractivity contribution in [1.82, 2.24) is 4.90 Å². The number of hydrogen-bond acceptors (Lipinski definition) is 5. The number of esters is 1. The van der Waals surface area contributed by atoms with Gasteiger partial charge in [0.1, 0.15) is 11.2 Å². The van der Waals surface area contributed by atoms with Gasteiger partial charge in [0.2, 0.25) is 0 Å². The molecular formula is C20H30BrNO4S. The Balaban J connectivity index is 2.11. The molecule has 1 aliphatic heterocycles. The van der Waals surface area contributed by atoms with E-state index in [1.807, 2.05) is 47.6 Å². The Morgan fingerprint density at radius 2 is 1.85 bits per heavy atom. The highest BCUT2D eigenvalue weighted by Gasteiger charge is 2.39. The number of hydrogen-bond donors (Lipinski definition) is 0. The molecule has 1 fully saturated rings. The lowest BCUT2D eigenvalue weighted by Gasteiger charge is -2.28. The van der Waals surface area contributed by atoms with Crippen LogP contribution in [-0.4, -0.2) is 41.3 Å². The summed E-state index contributed by atoms with van der Waals surface area (Å²) >= 11 is 5.09. The number of rotatable bonds is 4. The van der Waals surface area contributed by atoms with Gasteiger partial charge in [-0.1, -0.05) is 0 Å². The van der Waals surface area contributed by atoms with Crippen molar-refractivity contribution in [2.75, 3.05) is 13.1 Å². The minimum atomic E-state index is -0.534. The number of ether oxygens (including phenoxy) is 2. The lowest BCUT2D eigenvalue weighted by Crippen LogP contribution is -2.38. The zero-order chi connectivity index (χ0) is 20.4. The Hall–Kier alpha value is -1.08. The van der Waals surface area contributed by atoms with E-state index in [0.717, 1.165) is 15.8 Å². The van der Waals surface area contributed by atoms with Gasteiger partial charge in [0.05, 0.1) is 9.70 Å². The number of amides is 1. The standard InChI is InChI=1S/C20H30BrNO4S/c1-19(2,3)25-17(23)15(9-13-10-16(21)27-12-13)14-7-8-22(11-14)18(24)26-20(4,5)6/h10,12,14-15H,7-9,11H2,1-6H3/t14-,15-/m0/s1. The summed E-state index contributed by atoms with van der Waals surface area (Å²) in [5.41, 5.74) is 0.0509. The van der Waals surface area contributed by atoms with Gasteiger partial charge in [-0.15, -0.1) is 11.3 Å². The minimum absolute atomic E-state index is 0.0612. The molecular weight excluding hydrogens is 430 g/mol. The van der Waals surface area contributed by atoms with Crippen LogP contribution in [0.2, 0.25) is 0 Å². The predicted molar refractivity (Wildman–Crippen MR) is 111 cm³/mol. The monoisotopic (exact) mass is 459 g/mol. The summed E-state index contributed by atoms with van der Waals surface area (Å²) < 4.78 is 12.2. The third kappa shape index (κ3) is 7.11. The molecule has 0 saturated carbocycles. The molecule has 0 bridgehead atoms. The van der Waals surface area contributed by atoms with Crippen LogP contribution in [0.4, 0.5) is 4.79 Å². The van der Waals surface area contributed by atoms with E-state index in [-0.39, 0.29) is 23.9 Å². The third-order valence-electron chi connectivity index (χ3n) is 4.23. The van der Waals surface area contributed by atoms with Gasteiger partial charge in [-0.2, -0.15) is 0 Å². The molecule has 2 rings (SSSR count). The number of carbonyl (C=O) groups excluding carboxylic acids is 2. The Labute approximate surface area is 174 Å². The molecule has 7 heteroatoms. The maximum Gasteiger partial charge on any atom is 0.410 e. The van der Waals surface area contributed by atoms with Gasteiger partial charge in [-0.3, -0.25) is 4.79 Å². The van der Waals surface area contributed by atoms with Gasteiger partial charge < -0.3 is 14.4 Å². The molecule has 2 heterocycles. The van der Waals surface area contributed by atoms with E-state index in [4.69, 9.17) is 9.47 Å². The molecule has 0 aromatic carbocycles. The summed E-state index contributed by atoms with van der Waals surface area (Å²) in [5, 5.41) is 2.06. The lowest BCUT2D eigenvalue weighted by atomic mass is 9.86. The Kier molecular flexibility index (Phi) is 7.01. The van der Waals surface area contributed by atoms with Gasteiger partial charge >= 0.3 is 12.1 Å². The quantitative estimate of drug-likeness (QED) is 0.575. The van der Waals surface area contributed by atoms with E-state index < -0.39 is 11.2 Å². The van der Waals surface area contributed by atoms with Crippen molar-refractivity contribution in [3.63, 3.8) is 0 Å². The number of carbonyl (C=O) groups is 2. The molecule has 1 amide bonds. The molecule has 0 N–H and O–H groups in total.